The molecule has 2 saturated heterocycles. The third-order valence-electron chi connectivity index (χ3n) is 4.95. The summed E-state index contributed by atoms with van der Waals surface area (Å²) >= 11 is 1.59. The average molecular weight is 390 g/mol. The molecule has 27 heavy (non-hydrogen) atoms. The second kappa shape index (κ2) is 6.45. The van der Waals surface area contributed by atoms with Gasteiger partial charge in [-0.2, -0.15) is 11.8 Å². The van der Waals surface area contributed by atoms with Gasteiger partial charge in [0, 0.05) is 5.75 Å². The molecule has 142 valence electrons. The Morgan fingerprint density at radius 1 is 1.33 bits per heavy atom. The van der Waals surface area contributed by atoms with Gasteiger partial charge < -0.3 is 20.7 Å². The van der Waals surface area contributed by atoms with Crippen molar-refractivity contribution < 1.29 is 23.9 Å². The van der Waals surface area contributed by atoms with Crippen LogP contribution < -0.4 is 20.7 Å². The van der Waals surface area contributed by atoms with Crippen molar-refractivity contribution in [2.75, 3.05) is 29.5 Å². The minimum Gasteiger partial charge on any atom is -0.477 e. The SMILES string of the molecule is NC(=O)C1CN(C(=O)CN2C(=O)NC3(CCSC3)C2=O)c2ccccc2O1. The highest BCUT2D eigenvalue weighted by Crippen LogP contribution is 2.35. The number of nitrogens with two attached hydrogens (primary N) is 1. The largest absolute Gasteiger partial charge is 0.477 e. The summed E-state index contributed by atoms with van der Waals surface area (Å²) in [6, 6.07) is 6.17. The standard InChI is InChI=1S/C17H18N4O5S/c18-14(23)12-7-20(10-3-1-2-4-11(10)26-12)13(22)8-21-15(24)17(19-16(21)25)5-6-27-9-17/h1-4,12H,5-9H2,(H2,18,23)(H,19,25). The summed E-state index contributed by atoms with van der Waals surface area (Å²) in [4.78, 5) is 51.8. The molecule has 2 fully saturated rings. The zero-order valence-corrected chi connectivity index (χ0v) is 15.2. The molecular formula is C17H18N4O5S. The normalized spacial score (nSPS) is 26.7. The van der Waals surface area contributed by atoms with Gasteiger partial charge in [0.05, 0.1) is 12.2 Å². The predicted octanol–water partition coefficient (Wildman–Crippen LogP) is -0.307. The molecule has 2 unspecified atom stereocenters. The molecule has 0 bridgehead atoms. The Morgan fingerprint density at radius 2 is 2.11 bits per heavy atom. The molecular weight excluding hydrogens is 372 g/mol. The number of urea groups is 1. The van der Waals surface area contributed by atoms with Crippen LogP contribution in [0.3, 0.4) is 0 Å². The third-order valence-corrected chi connectivity index (χ3v) is 6.14. The number of benzene rings is 1. The summed E-state index contributed by atoms with van der Waals surface area (Å²) in [5, 5.41) is 2.73. The minimum absolute atomic E-state index is 0.0736. The van der Waals surface area contributed by atoms with E-state index in [1.807, 2.05) is 0 Å². The number of amides is 5. The lowest BCUT2D eigenvalue weighted by atomic mass is 9.99. The Morgan fingerprint density at radius 3 is 2.81 bits per heavy atom. The average Bonchev–Trinajstić information content (AvgIpc) is 3.21. The Kier molecular flexibility index (Phi) is 4.22. The number of ether oxygens (including phenoxy) is 1. The molecule has 3 aliphatic heterocycles. The summed E-state index contributed by atoms with van der Waals surface area (Å²) in [6.45, 7) is -0.479. The Bertz CT molecular complexity index is 838. The second-order valence-electron chi connectivity index (χ2n) is 6.69. The molecule has 1 aromatic rings. The lowest BCUT2D eigenvalue weighted by Gasteiger charge is -2.34. The van der Waals surface area contributed by atoms with Crippen molar-refractivity contribution in [2.24, 2.45) is 5.73 Å². The fourth-order valence-electron chi connectivity index (χ4n) is 3.49. The molecule has 5 amide bonds. The first-order chi connectivity index (χ1) is 12.9. The maximum absolute atomic E-state index is 12.9. The van der Waals surface area contributed by atoms with Crippen LogP contribution in [-0.4, -0.2) is 64.9 Å². The summed E-state index contributed by atoms with van der Waals surface area (Å²) in [5.41, 5.74) is 4.91. The molecule has 3 aliphatic rings. The van der Waals surface area contributed by atoms with Gasteiger partial charge in [0.25, 0.3) is 11.8 Å². The zero-order valence-electron chi connectivity index (χ0n) is 14.3. The molecule has 0 aliphatic carbocycles. The molecule has 0 radical (unpaired) electrons. The third kappa shape index (κ3) is 2.89. The molecule has 1 aromatic carbocycles. The van der Waals surface area contributed by atoms with Crippen molar-refractivity contribution in [3.05, 3.63) is 24.3 Å². The van der Waals surface area contributed by atoms with Crippen LogP contribution in [0.2, 0.25) is 0 Å². The number of rotatable bonds is 3. The van der Waals surface area contributed by atoms with Crippen molar-refractivity contribution in [3.63, 3.8) is 0 Å². The number of anilines is 1. The van der Waals surface area contributed by atoms with Gasteiger partial charge in [-0.05, 0) is 24.3 Å². The molecule has 1 spiro atoms. The van der Waals surface area contributed by atoms with Gasteiger partial charge in [-0.1, -0.05) is 12.1 Å². The number of hydrogen-bond acceptors (Lipinski definition) is 6. The van der Waals surface area contributed by atoms with Gasteiger partial charge in [0.2, 0.25) is 5.91 Å². The van der Waals surface area contributed by atoms with E-state index in [9.17, 15) is 19.2 Å². The van der Waals surface area contributed by atoms with E-state index in [0.717, 1.165) is 10.7 Å². The van der Waals surface area contributed by atoms with Crippen LogP contribution in [0.15, 0.2) is 24.3 Å². The fraction of sp³-hybridized carbons (Fsp3) is 0.412. The van der Waals surface area contributed by atoms with E-state index < -0.39 is 36.0 Å². The lowest BCUT2D eigenvalue weighted by molar-refractivity contribution is -0.134. The molecule has 10 heteroatoms. The number of para-hydroxylation sites is 2. The van der Waals surface area contributed by atoms with E-state index in [1.165, 1.54) is 4.90 Å². The van der Waals surface area contributed by atoms with Crippen molar-refractivity contribution in [1.82, 2.24) is 10.2 Å². The van der Waals surface area contributed by atoms with Crippen LogP contribution in [0, 0.1) is 0 Å². The fourth-order valence-corrected chi connectivity index (χ4v) is 4.82. The number of nitrogens with zero attached hydrogens (tertiary/aromatic N) is 2. The summed E-state index contributed by atoms with van der Waals surface area (Å²) < 4.78 is 5.53. The van der Waals surface area contributed by atoms with Crippen LogP contribution >= 0.6 is 11.8 Å². The van der Waals surface area contributed by atoms with Crippen LogP contribution in [0.4, 0.5) is 10.5 Å². The molecule has 0 saturated carbocycles. The number of carbonyl (C=O) groups is 4. The summed E-state index contributed by atoms with van der Waals surface area (Å²) in [7, 11) is 0. The van der Waals surface area contributed by atoms with Gasteiger partial charge in [0.15, 0.2) is 6.10 Å². The Hall–Kier alpha value is -2.75. The minimum atomic E-state index is -0.996. The second-order valence-corrected chi connectivity index (χ2v) is 7.79. The Balaban J connectivity index is 1.57. The van der Waals surface area contributed by atoms with Crippen LogP contribution in [0.25, 0.3) is 0 Å². The van der Waals surface area contributed by atoms with Crippen molar-refractivity contribution >= 4 is 41.2 Å². The van der Waals surface area contributed by atoms with Gasteiger partial charge in [0.1, 0.15) is 17.8 Å². The van der Waals surface area contributed by atoms with E-state index in [-0.39, 0.29) is 12.5 Å². The summed E-state index contributed by atoms with van der Waals surface area (Å²) in [5.74, 6) is 0.0835. The quantitative estimate of drug-likeness (QED) is 0.683. The number of imide groups is 1. The van der Waals surface area contributed by atoms with Crippen molar-refractivity contribution in [1.29, 1.82) is 0 Å². The number of fused-ring (bicyclic) bond motifs is 1. The number of nitrogens with one attached hydrogen (secondary N) is 1. The Labute approximate surface area is 159 Å². The van der Waals surface area contributed by atoms with Crippen molar-refractivity contribution in [3.8, 4) is 5.75 Å². The highest BCUT2D eigenvalue weighted by atomic mass is 32.2. The molecule has 3 heterocycles. The molecule has 2 atom stereocenters. The highest BCUT2D eigenvalue weighted by molar-refractivity contribution is 7.99. The smallest absolute Gasteiger partial charge is 0.325 e. The van der Waals surface area contributed by atoms with Crippen molar-refractivity contribution in [2.45, 2.75) is 18.1 Å². The first-order valence-electron chi connectivity index (χ1n) is 8.48. The van der Waals surface area contributed by atoms with Gasteiger partial charge in [-0.25, -0.2) is 4.79 Å². The lowest BCUT2D eigenvalue weighted by Crippen LogP contribution is -2.52. The summed E-state index contributed by atoms with van der Waals surface area (Å²) in [6.07, 6.45) is -0.443. The molecule has 9 nitrogen and oxygen atoms in total. The van der Waals surface area contributed by atoms with E-state index >= 15 is 0 Å². The topological polar surface area (TPSA) is 122 Å². The highest BCUT2D eigenvalue weighted by Gasteiger charge is 2.53. The monoisotopic (exact) mass is 390 g/mol. The molecule has 4 rings (SSSR count). The van der Waals surface area contributed by atoms with Gasteiger partial charge >= 0.3 is 6.03 Å². The first-order valence-corrected chi connectivity index (χ1v) is 9.64. The molecule has 3 N–H and O–H groups in total. The molecule has 0 aromatic heterocycles. The number of primary amides is 1. The van der Waals surface area contributed by atoms with E-state index in [1.54, 1.807) is 36.0 Å². The number of carbonyl (C=O) groups excluding carboxylic acids is 4. The first kappa shape index (κ1) is 17.7. The van der Waals surface area contributed by atoms with Crippen LogP contribution in [0.1, 0.15) is 6.42 Å². The maximum Gasteiger partial charge on any atom is 0.325 e. The van der Waals surface area contributed by atoms with E-state index in [2.05, 4.69) is 5.32 Å². The van der Waals surface area contributed by atoms with E-state index in [0.29, 0.717) is 23.6 Å². The number of hydrogen-bond donors (Lipinski definition) is 2. The van der Waals surface area contributed by atoms with Crippen LogP contribution in [0.5, 0.6) is 5.75 Å². The predicted molar refractivity (Wildman–Crippen MR) is 97.3 cm³/mol. The zero-order chi connectivity index (χ0) is 19.2. The van der Waals surface area contributed by atoms with Gasteiger partial charge in [-0.15, -0.1) is 0 Å². The van der Waals surface area contributed by atoms with Crippen LogP contribution in [-0.2, 0) is 14.4 Å². The maximum atomic E-state index is 12.9. The van der Waals surface area contributed by atoms with Gasteiger partial charge in [-0.3, -0.25) is 19.3 Å². The number of thioether (sulfide) groups is 1. The van der Waals surface area contributed by atoms with E-state index in [4.69, 9.17) is 10.5 Å².